The maximum Gasteiger partial charge on any atom is 0.306 e. The lowest BCUT2D eigenvalue weighted by Gasteiger charge is -2.18. The van der Waals surface area contributed by atoms with Crippen LogP contribution in [0, 0.1) is 0 Å². The van der Waals surface area contributed by atoms with Gasteiger partial charge in [-0.3, -0.25) is 4.79 Å². The van der Waals surface area contributed by atoms with Crippen LogP contribution in [0.4, 0.5) is 0 Å². The molecule has 0 atom stereocenters. The summed E-state index contributed by atoms with van der Waals surface area (Å²) in [5, 5.41) is 3.40. The number of esters is 1. The standard InChI is InChI=1S/C44H81NO2/c1-5-7-9-11-13-15-17-19-21-23-25-27-29-31-33-35-38-43(47-44(46)40-37-41-45-42(3)4)39-36-34-32-30-28-26-24-22-20-18-16-14-12-10-8-6-2/h13-16,19-22,42-43,45H,5-12,17-18,23-41H2,1-4H3. The summed E-state index contributed by atoms with van der Waals surface area (Å²) in [6.45, 7) is 9.70. The van der Waals surface area contributed by atoms with Crippen LogP contribution in [0.2, 0.25) is 0 Å². The summed E-state index contributed by atoms with van der Waals surface area (Å²) in [5.74, 6) is 0.000586. The Morgan fingerprint density at radius 2 is 0.894 bits per heavy atom. The van der Waals surface area contributed by atoms with Gasteiger partial charge in [-0.25, -0.2) is 0 Å². The average Bonchev–Trinajstić information content (AvgIpc) is 3.06. The van der Waals surface area contributed by atoms with Gasteiger partial charge in [-0.2, -0.15) is 0 Å². The fraction of sp³-hybridized carbons (Fsp3) is 0.795. The molecule has 0 fully saturated rings. The highest BCUT2D eigenvalue weighted by Gasteiger charge is 2.14. The van der Waals surface area contributed by atoms with Gasteiger partial charge >= 0.3 is 5.97 Å². The first-order chi connectivity index (χ1) is 23.1. The zero-order chi connectivity index (χ0) is 34.3. The average molecular weight is 656 g/mol. The first-order valence-electron chi connectivity index (χ1n) is 20.6. The zero-order valence-electron chi connectivity index (χ0n) is 32.1. The minimum atomic E-state index is 0.000586. The highest BCUT2D eigenvalue weighted by molar-refractivity contribution is 5.69. The third-order valence-electron chi connectivity index (χ3n) is 8.86. The fourth-order valence-corrected chi connectivity index (χ4v) is 5.85. The molecule has 0 aliphatic heterocycles. The SMILES string of the molecule is CCCCCC=CCC=CCCCCCCCCC(CCCCCCCCC=CCC=CCCCCC)OC(=O)CCCNC(C)C. The third-order valence-corrected chi connectivity index (χ3v) is 8.86. The maximum atomic E-state index is 12.6. The normalized spacial score (nSPS) is 13.0. The smallest absolute Gasteiger partial charge is 0.306 e. The summed E-state index contributed by atoms with van der Waals surface area (Å²) in [7, 11) is 0. The lowest BCUT2D eigenvalue weighted by molar-refractivity contribution is -0.150. The monoisotopic (exact) mass is 656 g/mol. The number of rotatable bonds is 36. The van der Waals surface area contributed by atoms with Crippen molar-refractivity contribution in [3.63, 3.8) is 0 Å². The van der Waals surface area contributed by atoms with Gasteiger partial charge in [-0.1, -0.05) is 153 Å². The first-order valence-corrected chi connectivity index (χ1v) is 20.6. The fourth-order valence-electron chi connectivity index (χ4n) is 5.85. The molecular weight excluding hydrogens is 574 g/mol. The van der Waals surface area contributed by atoms with Gasteiger partial charge in [0.15, 0.2) is 0 Å². The van der Waals surface area contributed by atoms with Crippen molar-refractivity contribution in [3.8, 4) is 0 Å². The van der Waals surface area contributed by atoms with Crippen molar-refractivity contribution >= 4 is 5.97 Å². The Balaban J connectivity index is 4.06. The molecule has 1 N–H and O–H groups in total. The minimum Gasteiger partial charge on any atom is -0.462 e. The second-order valence-corrected chi connectivity index (χ2v) is 14.1. The van der Waals surface area contributed by atoms with Crippen molar-refractivity contribution in [2.75, 3.05) is 6.54 Å². The molecule has 47 heavy (non-hydrogen) atoms. The number of allylic oxidation sites excluding steroid dienone is 8. The van der Waals surface area contributed by atoms with Crippen LogP contribution in [-0.4, -0.2) is 24.7 Å². The topological polar surface area (TPSA) is 38.3 Å². The highest BCUT2D eigenvalue weighted by atomic mass is 16.5. The second kappa shape index (κ2) is 38.8. The Morgan fingerprint density at radius 3 is 1.30 bits per heavy atom. The molecule has 274 valence electrons. The van der Waals surface area contributed by atoms with E-state index in [9.17, 15) is 4.79 Å². The van der Waals surface area contributed by atoms with E-state index in [2.05, 4.69) is 81.6 Å². The summed E-state index contributed by atoms with van der Waals surface area (Å²) in [5.41, 5.74) is 0. The number of unbranched alkanes of at least 4 members (excludes halogenated alkanes) is 18. The van der Waals surface area contributed by atoms with E-state index in [0.717, 1.165) is 38.6 Å². The lowest BCUT2D eigenvalue weighted by Crippen LogP contribution is -2.25. The summed E-state index contributed by atoms with van der Waals surface area (Å²) >= 11 is 0. The van der Waals surface area contributed by atoms with E-state index in [1.165, 1.54) is 141 Å². The third kappa shape index (κ3) is 38.7. The summed E-state index contributed by atoms with van der Waals surface area (Å²) in [4.78, 5) is 12.6. The molecule has 0 heterocycles. The van der Waals surface area contributed by atoms with Crippen molar-refractivity contribution in [2.24, 2.45) is 0 Å². The van der Waals surface area contributed by atoms with Crippen LogP contribution >= 0.6 is 0 Å². The van der Waals surface area contributed by atoms with Gasteiger partial charge in [0, 0.05) is 12.5 Å². The molecule has 3 nitrogen and oxygen atoms in total. The van der Waals surface area contributed by atoms with Gasteiger partial charge in [0.2, 0.25) is 0 Å². The number of hydrogen-bond donors (Lipinski definition) is 1. The van der Waals surface area contributed by atoms with Crippen molar-refractivity contribution < 1.29 is 9.53 Å². The minimum absolute atomic E-state index is 0.000586. The molecular formula is C44H81NO2. The largest absolute Gasteiger partial charge is 0.462 e. The van der Waals surface area contributed by atoms with Crippen molar-refractivity contribution in [1.29, 1.82) is 0 Å². The van der Waals surface area contributed by atoms with Crippen molar-refractivity contribution in [1.82, 2.24) is 5.32 Å². The first kappa shape index (κ1) is 45.4. The molecule has 0 rings (SSSR count). The van der Waals surface area contributed by atoms with Crippen molar-refractivity contribution in [3.05, 3.63) is 48.6 Å². The number of ether oxygens (including phenoxy) is 1. The predicted octanol–water partition coefficient (Wildman–Crippen LogP) is 14.1. The second-order valence-electron chi connectivity index (χ2n) is 14.1. The molecule has 0 aromatic carbocycles. The van der Waals surface area contributed by atoms with Crippen LogP contribution in [-0.2, 0) is 9.53 Å². The van der Waals surface area contributed by atoms with Crippen LogP contribution in [0.1, 0.15) is 207 Å². The molecule has 0 spiro atoms. The Morgan fingerprint density at radius 1 is 0.511 bits per heavy atom. The zero-order valence-corrected chi connectivity index (χ0v) is 32.1. The molecule has 0 aliphatic carbocycles. The van der Waals surface area contributed by atoms with Crippen molar-refractivity contribution in [2.45, 2.75) is 220 Å². The molecule has 0 radical (unpaired) electrons. The molecule has 0 aromatic heterocycles. The van der Waals surface area contributed by atoms with Crippen LogP contribution in [0.15, 0.2) is 48.6 Å². The van der Waals surface area contributed by atoms with Crippen LogP contribution in [0.5, 0.6) is 0 Å². The van der Waals surface area contributed by atoms with Gasteiger partial charge < -0.3 is 10.1 Å². The maximum absolute atomic E-state index is 12.6. The molecule has 0 amide bonds. The van der Waals surface area contributed by atoms with Gasteiger partial charge in [0.1, 0.15) is 6.10 Å². The molecule has 0 saturated heterocycles. The Labute approximate surface area is 294 Å². The van der Waals surface area contributed by atoms with Crippen LogP contribution in [0.3, 0.4) is 0 Å². The summed E-state index contributed by atoms with van der Waals surface area (Å²) in [6, 6.07) is 0.464. The molecule has 3 heteroatoms. The molecule has 0 saturated carbocycles. The van der Waals surface area contributed by atoms with E-state index in [0.29, 0.717) is 12.5 Å². The quantitative estimate of drug-likeness (QED) is 0.0415. The van der Waals surface area contributed by atoms with Crippen LogP contribution in [0.25, 0.3) is 0 Å². The van der Waals surface area contributed by atoms with E-state index in [1.54, 1.807) is 0 Å². The molecule has 0 aromatic rings. The van der Waals surface area contributed by atoms with E-state index in [4.69, 9.17) is 4.74 Å². The molecule has 0 unspecified atom stereocenters. The predicted molar refractivity (Wildman–Crippen MR) is 210 cm³/mol. The number of carbonyl (C=O) groups excluding carboxylic acids is 1. The highest BCUT2D eigenvalue weighted by Crippen LogP contribution is 2.18. The molecule has 0 aliphatic rings. The Hall–Kier alpha value is -1.61. The van der Waals surface area contributed by atoms with E-state index in [1.807, 2.05) is 0 Å². The number of nitrogens with one attached hydrogen (secondary N) is 1. The van der Waals surface area contributed by atoms with Gasteiger partial charge in [-0.05, 0) is 103 Å². The van der Waals surface area contributed by atoms with E-state index >= 15 is 0 Å². The van der Waals surface area contributed by atoms with Crippen LogP contribution < -0.4 is 5.32 Å². The number of hydrogen-bond acceptors (Lipinski definition) is 3. The van der Waals surface area contributed by atoms with Gasteiger partial charge in [0.05, 0.1) is 0 Å². The summed E-state index contributed by atoms with van der Waals surface area (Å²) in [6.07, 6.45) is 52.7. The Bertz CT molecular complexity index is 702. The van der Waals surface area contributed by atoms with E-state index in [-0.39, 0.29) is 12.1 Å². The molecule has 0 bridgehead atoms. The Kier molecular flexibility index (Phi) is 37.5. The lowest BCUT2D eigenvalue weighted by atomic mass is 10.0. The van der Waals surface area contributed by atoms with Gasteiger partial charge in [0.25, 0.3) is 0 Å². The summed E-state index contributed by atoms with van der Waals surface area (Å²) < 4.78 is 6.01. The van der Waals surface area contributed by atoms with Gasteiger partial charge in [-0.15, -0.1) is 0 Å². The van der Waals surface area contributed by atoms with E-state index < -0.39 is 0 Å². The number of carbonyl (C=O) groups is 1.